The molecule has 0 aliphatic carbocycles. The highest BCUT2D eigenvalue weighted by Crippen LogP contribution is 1.95. The molecule has 0 aliphatic rings. The van der Waals surface area contributed by atoms with E-state index in [1.165, 1.54) is 10.6 Å². The fourth-order valence-corrected chi connectivity index (χ4v) is 1.11. The van der Waals surface area contributed by atoms with Gasteiger partial charge < -0.3 is 5.11 Å². The summed E-state index contributed by atoms with van der Waals surface area (Å²) in [5.74, 6) is 0.897. The second-order valence-corrected chi connectivity index (χ2v) is 2.69. The number of fused-ring (bicyclic) bond motifs is 1. The number of aliphatic hydroxyl groups is 1. The molecule has 0 spiro atoms. The highest BCUT2D eigenvalue weighted by molar-refractivity contribution is 5.27. The maximum Gasteiger partial charge on any atom is 0.274 e. The van der Waals surface area contributed by atoms with Gasteiger partial charge in [-0.15, -0.1) is 0 Å². The van der Waals surface area contributed by atoms with E-state index >= 15 is 0 Å². The topological polar surface area (TPSA) is 83.3 Å². The number of aryl methyl sites for hydroxylation is 1. The van der Waals surface area contributed by atoms with E-state index in [9.17, 15) is 4.79 Å². The summed E-state index contributed by atoms with van der Waals surface area (Å²) < 4.78 is 1.23. The van der Waals surface area contributed by atoms with Crippen molar-refractivity contribution in [1.29, 1.82) is 0 Å². The lowest BCUT2D eigenvalue weighted by Crippen LogP contribution is -2.15. The Morgan fingerprint density at radius 2 is 2.38 bits per heavy atom. The van der Waals surface area contributed by atoms with Crippen molar-refractivity contribution in [2.45, 2.75) is 13.5 Å². The van der Waals surface area contributed by atoms with Gasteiger partial charge in [0.25, 0.3) is 11.3 Å². The summed E-state index contributed by atoms with van der Waals surface area (Å²) in [5, 5.41) is 11.5. The number of hydrogen-bond donors (Lipinski definition) is 2. The Hall–Kier alpha value is -1.69. The average molecular weight is 180 g/mol. The van der Waals surface area contributed by atoms with E-state index in [0.29, 0.717) is 11.5 Å². The predicted octanol–water partition coefficient (Wildman–Crippen LogP) is -0.782. The van der Waals surface area contributed by atoms with Crippen LogP contribution in [0.4, 0.5) is 0 Å². The zero-order valence-electron chi connectivity index (χ0n) is 6.98. The molecule has 6 heteroatoms. The fourth-order valence-electron chi connectivity index (χ4n) is 1.11. The number of rotatable bonds is 1. The van der Waals surface area contributed by atoms with Gasteiger partial charge in [0.15, 0.2) is 0 Å². The molecule has 2 rings (SSSR count). The van der Waals surface area contributed by atoms with Crippen molar-refractivity contribution in [3.05, 3.63) is 27.9 Å². The van der Waals surface area contributed by atoms with E-state index < -0.39 is 0 Å². The normalized spacial score (nSPS) is 10.9. The van der Waals surface area contributed by atoms with Gasteiger partial charge in [-0.1, -0.05) is 0 Å². The number of aromatic nitrogens is 4. The zero-order valence-corrected chi connectivity index (χ0v) is 6.98. The van der Waals surface area contributed by atoms with Crippen LogP contribution in [0.25, 0.3) is 5.78 Å². The molecule has 0 amide bonds. The zero-order chi connectivity index (χ0) is 9.42. The first-order valence-corrected chi connectivity index (χ1v) is 3.77. The third-order valence-electron chi connectivity index (χ3n) is 1.66. The van der Waals surface area contributed by atoms with Gasteiger partial charge >= 0.3 is 0 Å². The molecule has 0 saturated heterocycles. The first-order chi connectivity index (χ1) is 6.20. The molecule has 0 radical (unpaired) electrons. The van der Waals surface area contributed by atoms with Crippen molar-refractivity contribution >= 4 is 5.78 Å². The fraction of sp³-hybridized carbons (Fsp3) is 0.286. The molecule has 2 heterocycles. The maximum atomic E-state index is 11.3. The summed E-state index contributed by atoms with van der Waals surface area (Å²) in [4.78, 5) is 19.2. The standard InChI is InChI=1S/C7H8N4O2/c1-4-8-7-9-5(3-12)2-6(13)11(7)10-4/h2,12H,3H2,1H3,(H,8,9,10). The molecule has 0 fully saturated rings. The van der Waals surface area contributed by atoms with Gasteiger partial charge in [0, 0.05) is 6.07 Å². The van der Waals surface area contributed by atoms with Crippen LogP contribution in [0.15, 0.2) is 10.9 Å². The molecule has 68 valence electrons. The summed E-state index contributed by atoms with van der Waals surface area (Å²) in [7, 11) is 0. The molecule has 2 N–H and O–H groups in total. The highest BCUT2D eigenvalue weighted by atomic mass is 16.3. The van der Waals surface area contributed by atoms with Crippen molar-refractivity contribution in [3.8, 4) is 0 Å². The SMILES string of the molecule is Cc1nc2nc(CO)cc(=O)n2[nH]1. The molecule has 2 aromatic heterocycles. The molecular formula is C7H8N4O2. The van der Waals surface area contributed by atoms with E-state index in [2.05, 4.69) is 15.1 Å². The van der Waals surface area contributed by atoms with Gasteiger partial charge in [-0.05, 0) is 6.92 Å². The number of H-pyrrole nitrogens is 1. The van der Waals surface area contributed by atoms with Crippen LogP contribution in [0, 0.1) is 6.92 Å². The number of aliphatic hydroxyl groups excluding tert-OH is 1. The van der Waals surface area contributed by atoms with Crippen molar-refractivity contribution in [1.82, 2.24) is 19.6 Å². The summed E-state index contributed by atoms with van der Waals surface area (Å²) in [5.41, 5.74) is 0.0613. The third-order valence-corrected chi connectivity index (χ3v) is 1.66. The van der Waals surface area contributed by atoms with Gasteiger partial charge in [0.2, 0.25) is 0 Å². The summed E-state index contributed by atoms with van der Waals surface area (Å²) in [6.07, 6.45) is 0. The van der Waals surface area contributed by atoms with E-state index in [1.807, 2.05) is 0 Å². The van der Waals surface area contributed by atoms with Crippen molar-refractivity contribution in [3.63, 3.8) is 0 Å². The van der Waals surface area contributed by atoms with Crippen LogP contribution in [0.1, 0.15) is 11.5 Å². The largest absolute Gasteiger partial charge is 0.390 e. The Morgan fingerprint density at radius 3 is 3.08 bits per heavy atom. The lowest BCUT2D eigenvalue weighted by Gasteiger charge is -1.93. The van der Waals surface area contributed by atoms with Crippen LogP contribution in [0.3, 0.4) is 0 Å². The minimum absolute atomic E-state index is 0.252. The first kappa shape index (κ1) is 7.93. The molecular weight excluding hydrogens is 172 g/mol. The van der Waals surface area contributed by atoms with E-state index in [0.717, 1.165) is 0 Å². The van der Waals surface area contributed by atoms with Crippen molar-refractivity contribution < 1.29 is 5.11 Å². The molecule has 0 saturated carbocycles. The second-order valence-electron chi connectivity index (χ2n) is 2.69. The Morgan fingerprint density at radius 1 is 1.62 bits per heavy atom. The minimum Gasteiger partial charge on any atom is -0.390 e. The van der Waals surface area contributed by atoms with Crippen LogP contribution in [0.2, 0.25) is 0 Å². The second kappa shape index (κ2) is 2.67. The van der Waals surface area contributed by atoms with Crippen LogP contribution in [-0.2, 0) is 6.61 Å². The number of hydrogen-bond acceptors (Lipinski definition) is 4. The van der Waals surface area contributed by atoms with Crippen LogP contribution >= 0.6 is 0 Å². The lowest BCUT2D eigenvalue weighted by atomic mass is 10.4. The third kappa shape index (κ3) is 1.20. The Labute approximate surface area is 72.9 Å². The maximum absolute atomic E-state index is 11.3. The summed E-state index contributed by atoms with van der Waals surface area (Å²) in [6.45, 7) is 1.48. The van der Waals surface area contributed by atoms with Crippen LogP contribution in [0.5, 0.6) is 0 Å². The molecule has 0 unspecified atom stereocenters. The van der Waals surface area contributed by atoms with Crippen LogP contribution in [-0.4, -0.2) is 24.7 Å². The number of aromatic amines is 1. The Bertz CT molecular complexity index is 499. The van der Waals surface area contributed by atoms with E-state index in [-0.39, 0.29) is 17.9 Å². The van der Waals surface area contributed by atoms with Crippen molar-refractivity contribution in [2.24, 2.45) is 0 Å². The van der Waals surface area contributed by atoms with E-state index in [1.54, 1.807) is 6.92 Å². The van der Waals surface area contributed by atoms with Crippen LogP contribution < -0.4 is 5.56 Å². The monoisotopic (exact) mass is 180 g/mol. The quantitative estimate of drug-likeness (QED) is 0.603. The predicted molar refractivity (Wildman–Crippen MR) is 44.3 cm³/mol. The minimum atomic E-state index is -0.269. The molecule has 0 bridgehead atoms. The molecule has 2 aromatic rings. The average Bonchev–Trinajstić information content (AvgIpc) is 2.46. The lowest BCUT2D eigenvalue weighted by molar-refractivity contribution is 0.276. The summed E-state index contributed by atoms with van der Waals surface area (Å²) >= 11 is 0. The van der Waals surface area contributed by atoms with E-state index in [4.69, 9.17) is 5.11 Å². The van der Waals surface area contributed by atoms with Gasteiger partial charge in [-0.2, -0.15) is 9.50 Å². The van der Waals surface area contributed by atoms with Gasteiger partial charge in [0.1, 0.15) is 5.82 Å². The Kier molecular flexibility index (Phi) is 1.63. The van der Waals surface area contributed by atoms with Gasteiger partial charge in [0.05, 0.1) is 12.3 Å². The number of nitrogens with zero attached hydrogens (tertiary/aromatic N) is 3. The molecule has 0 atom stereocenters. The molecule has 6 nitrogen and oxygen atoms in total. The summed E-state index contributed by atoms with van der Waals surface area (Å²) in [6, 6.07) is 1.27. The molecule has 0 aromatic carbocycles. The van der Waals surface area contributed by atoms with Crippen molar-refractivity contribution in [2.75, 3.05) is 0 Å². The molecule has 0 aliphatic heterocycles. The number of nitrogens with one attached hydrogen (secondary N) is 1. The highest BCUT2D eigenvalue weighted by Gasteiger charge is 2.04. The van der Waals surface area contributed by atoms with Gasteiger partial charge in [-0.25, -0.2) is 4.98 Å². The first-order valence-electron chi connectivity index (χ1n) is 3.77. The van der Waals surface area contributed by atoms with Gasteiger partial charge in [-0.3, -0.25) is 9.89 Å². The Balaban J connectivity index is 2.83. The molecule has 13 heavy (non-hydrogen) atoms. The smallest absolute Gasteiger partial charge is 0.274 e.